The van der Waals surface area contributed by atoms with E-state index in [9.17, 15) is 13.2 Å². The minimum atomic E-state index is -3.62. The molecule has 8 nitrogen and oxygen atoms in total. The predicted octanol–water partition coefficient (Wildman–Crippen LogP) is 5.69. The molecule has 3 atom stereocenters. The van der Waals surface area contributed by atoms with E-state index < -0.39 is 10.0 Å². The highest BCUT2D eigenvalue weighted by Gasteiger charge is 2.44. The van der Waals surface area contributed by atoms with Crippen molar-refractivity contribution in [3.8, 4) is 0 Å². The second kappa shape index (κ2) is 12.0. The topological polar surface area (TPSA) is 87.5 Å². The Balaban J connectivity index is 1.06. The van der Waals surface area contributed by atoms with Crippen LogP contribution < -0.4 is 4.72 Å². The molecule has 4 heterocycles. The van der Waals surface area contributed by atoms with Gasteiger partial charge in [0, 0.05) is 36.8 Å². The minimum absolute atomic E-state index is 0.00276. The minimum Gasteiger partial charge on any atom is -0.339 e. The van der Waals surface area contributed by atoms with E-state index in [2.05, 4.69) is 75.7 Å². The normalized spacial score (nSPS) is 23.4. The van der Waals surface area contributed by atoms with E-state index in [0.717, 1.165) is 37.1 Å². The van der Waals surface area contributed by atoms with Crippen LogP contribution in [0.15, 0.2) is 83.8 Å². The molecule has 2 bridgehead atoms. The van der Waals surface area contributed by atoms with E-state index in [0.29, 0.717) is 36.8 Å². The number of hydrogen-bond acceptors (Lipinski definition) is 5. The van der Waals surface area contributed by atoms with Crippen LogP contribution in [-0.2, 0) is 15.4 Å². The number of nitrogens with zero attached hydrogens (tertiary/aromatic N) is 4. The molecule has 7 rings (SSSR count). The lowest BCUT2D eigenvalue weighted by Crippen LogP contribution is -2.49. The highest BCUT2D eigenvalue weighted by molar-refractivity contribution is 7.89. The second-order valence-corrected chi connectivity index (χ2v) is 15.1. The van der Waals surface area contributed by atoms with Gasteiger partial charge in [0.15, 0.2) is 0 Å². The van der Waals surface area contributed by atoms with E-state index >= 15 is 0 Å². The highest BCUT2D eigenvalue weighted by Crippen LogP contribution is 2.45. The van der Waals surface area contributed by atoms with Gasteiger partial charge >= 0.3 is 0 Å². The van der Waals surface area contributed by atoms with Gasteiger partial charge < -0.3 is 9.47 Å². The zero-order valence-corrected chi connectivity index (χ0v) is 27.0. The number of piperidine rings is 2. The van der Waals surface area contributed by atoms with Gasteiger partial charge in [-0.15, -0.1) is 0 Å². The number of aryl methyl sites for hydroxylation is 1. The fourth-order valence-corrected chi connectivity index (χ4v) is 9.28. The molecular formula is C36H43N5O3S. The summed E-state index contributed by atoms with van der Waals surface area (Å²) in [4.78, 5) is 23.2. The van der Waals surface area contributed by atoms with Crippen molar-refractivity contribution >= 4 is 27.0 Å². The van der Waals surface area contributed by atoms with Gasteiger partial charge in [0.1, 0.15) is 5.82 Å². The molecule has 45 heavy (non-hydrogen) atoms. The van der Waals surface area contributed by atoms with Crippen LogP contribution >= 0.6 is 0 Å². The molecule has 0 radical (unpaired) electrons. The molecule has 3 aliphatic heterocycles. The summed E-state index contributed by atoms with van der Waals surface area (Å²) in [7, 11) is -2.24. The molecule has 0 aliphatic carbocycles. The van der Waals surface area contributed by atoms with E-state index in [-0.39, 0.29) is 16.2 Å². The van der Waals surface area contributed by atoms with Crippen molar-refractivity contribution in [2.75, 3.05) is 26.7 Å². The van der Waals surface area contributed by atoms with Crippen LogP contribution in [0.4, 0.5) is 0 Å². The third-order valence-corrected chi connectivity index (χ3v) is 12.3. The van der Waals surface area contributed by atoms with Crippen molar-refractivity contribution in [3.05, 3.63) is 95.8 Å². The standard InChI is InChI=1S/C36H43N5O3S/c1-26-38-33-13-6-7-14-34(33)41(26)31-24-29-15-16-30(25-31)40(29)22-19-36(28-10-4-3-5-11-28)17-20-39(21-18-36)35(42)27-9-8-12-32(23-27)45(43,44)37-2/h3-14,23,29-31,37H,15-22,24-25H2,1-2H3/t29-,30+,31?. The summed E-state index contributed by atoms with van der Waals surface area (Å²) in [5.74, 6) is 1.01. The Morgan fingerprint density at radius 2 is 1.60 bits per heavy atom. The molecule has 1 amide bonds. The maximum atomic E-state index is 13.5. The average Bonchev–Trinajstić information content (AvgIpc) is 3.54. The molecule has 236 valence electrons. The zero-order valence-electron chi connectivity index (χ0n) is 26.2. The summed E-state index contributed by atoms with van der Waals surface area (Å²) < 4.78 is 29.5. The number of rotatable bonds is 8. The van der Waals surface area contributed by atoms with Gasteiger partial charge in [-0.25, -0.2) is 18.1 Å². The zero-order chi connectivity index (χ0) is 31.2. The summed E-state index contributed by atoms with van der Waals surface area (Å²) in [5, 5.41) is 0. The van der Waals surface area contributed by atoms with Crippen LogP contribution in [0.1, 0.15) is 72.7 Å². The molecule has 3 fully saturated rings. The number of likely N-dealkylation sites (tertiary alicyclic amines) is 1. The number of imidazole rings is 1. The first-order chi connectivity index (χ1) is 21.8. The molecule has 3 aromatic carbocycles. The number of amides is 1. The van der Waals surface area contributed by atoms with Crippen molar-refractivity contribution in [2.45, 2.75) is 80.3 Å². The Labute approximate surface area is 266 Å². The van der Waals surface area contributed by atoms with Gasteiger partial charge in [0.05, 0.1) is 15.9 Å². The van der Waals surface area contributed by atoms with Crippen LogP contribution in [-0.4, -0.2) is 72.4 Å². The van der Waals surface area contributed by atoms with Crippen LogP contribution in [0.25, 0.3) is 11.0 Å². The Morgan fingerprint density at radius 1 is 0.911 bits per heavy atom. The van der Waals surface area contributed by atoms with Gasteiger partial charge in [0.25, 0.3) is 5.91 Å². The molecule has 1 aromatic heterocycles. The molecule has 3 saturated heterocycles. The Kier molecular flexibility index (Phi) is 8.04. The lowest BCUT2D eigenvalue weighted by Gasteiger charge is -2.45. The van der Waals surface area contributed by atoms with Crippen LogP contribution in [0.3, 0.4) is 0 Å². The largest absolute Gasteiger partial charge is 0.339 e. The monoisotopic (exact) mass is 625 g/mol. The third kappa shape index (κ3) is 5.59. The number of nitrogens with one attached hydrogen (secondary N) is 1. The summed E-state index contributed by atoms with van der Waals surface area (Å²) in [6.07, 6.45) is 7.71. The number of carbonyl (C=O) groups is 1. The quantitative estimate of drug-likeness (QED) is 0.272. The molecular weight excluding hydrogens is 582 g/mol. The molecule has 1 unspecified atom stereocenters. The molecule has 1 N–H and O–H groups in total. The Morgan fingerprint density at radius 3 is 2.31 bits per heavy atom. The SMILES string of the molecule is CNS(=O)(=O)c1cccc(C(=O)N2CCC(CCN3[C@@H]4CC[C@H]3CC(n3c(C)nc5ccccc53)C4)(c3ccccc3)CC2)c1. The second-order valence-electron chi connectivity index (χ2n) is 13.2. The maximum absolute atomic E-state index is 13.5. The van der Waals surface area contributed by atoms with Gasteiger partial charge in [-0.3, -0.25) is 9.69 Å². The summed E-state index contributed by atoms with van der Waals surface area (Å²) in [6.45, 7) is 4.52. The first-order valence-electron chi connectivity index (χ1n) is 16.4. The average molecular weight is 626 g/mol. The van der Waals surface area contributed by atoms with Gasteiger partial charge in [0.2, 0.25) is 10.0 Å². The maximum Gasteiger partial charge on any atom is 0.253 e. The van der Waals surface area contributed by atoms with E-state index in [4.69, 9.17) is 4.98 Å². The van der Waals surface area contributed by atoms with Gasteiger partial charge in [-0.2, -0.15) is 0 Å². The number of carbonyl (C=O) groups excluding carboxylic acids is 1. The number of hydrogen-bond donors (Lipinski definition) is 1. The Hall–Kier alpha value is -3.53. The van der Waals surface area contributed by atoms with E-state index in [1.54, 1.807) is 12.1 Å². The number of benzene rings is 3. The number of aromatic nitrogens is 2. The number of fused-ring (bicyclic) bond motifs is 3. The highest BCUT2D eigenvalue weighted by atomic mass is 32.2. The predicted molar refractivity (Wildman–Crippen MR) is 177 cm³/mol. The van der Waals surface area contributed by atoms with Gasteiger partial charge in [-0.1, -0.05) is 48.5 Å². The molecule has 0 spiro atoms. The molecule has 4 aromatic rings. The lowest BCUT2D eigenvalue weighted by molar-refractivity contribution is 0.0606. The number of para-hydroxylation sites is 2. The smallest absolute Gasteiger partial charge is 0.253 e. The first kappa shape index (κ1) is 30.1. The van der Waals surface area contributed by atoms with Gasteiger partial charge in [-0.05, 0) is 107 Å². The van der Waals surface area contributed by atoms with Crippen LogP contribution in [0.5, 0.6) is 0 Å². The van der Waals surface area contributed by atoms with Crippen molar-refractivity contribution in [1.82, 2.24) is 24.1 Å². The summed E-state index contributed by atoms with van der Waals surface area (Å²) >= 11 is 0. The lowest BCUT2D eigenvalue weighted by atomic mass is 9.70. The first-order valence-corrected chi connectivity index (χ1v) is 17.8. The molecule has 3 aliphatic rings. The Bertz CT molecular complexity index is 1780. The van der Waals surface area contributed by atoms with E-state index in [1.165, 1.54) is 55.9 Å². The summed E-state index contributed by atoms with van der Waals surface area (Å²) in [5.41, 5.74) is 4.13. The van der Waals surface area contributed by atoms with Crippen molar-refractivity contribution in [3.63, 3.8) is 0 Å². The molecule has 9 heteroatoms. The van der Waals surface area contributed by atoms with Crippen LogP contribution in [0, 0.1) is 6.92 Å². The molecule has 0 saturated carbocycles. The summed E-state index contributed by atoms with van der Waals surface area (Å²) in [6, 6.07) is 27.4. The van der Waals surface area contributed by atoms with Crippen molar-refractivity contribution < 1.29 is 13.2 Å². The van der Waals surface area contributed by atoms with Crippen molar-refractivity contribution in [2.24, 2.45) is 0 Å². The number of sulfonamides is 1. The fourth-order valence-electron chi connectivity index (χ4n) is 8.50. The van der Waals surface area contributed by atoms with E-state index in [1.807, 2.05) is 4.90 Å². The van der Waals surface area contributed by atoms with Crippen molar-refractivity contribution in [1.29, 1.82) is 0 Å². The third-order valence-electron chi connectivity index (χ3n) is 10.9. The fraction of sp³-hybridized carbons (Fsp3) is 0.444. The van der Waals surface area contributed by atoms with Crippen LogP contribution in [0.2, 0.25) is 0 Å².